The minimum absolute atomic E-state index is 0.127. The van der Waals surface area contributed by atoms with Gasteiger partial charge < -0.3 is 0 Å². The molecular formula is C47H32. The molecule has 0 N–H and O–H groups in total. The van der Waals surface area contributed by atoms with E-state index in [-0.39, 0.29) is 5.41 Å². The van der Waals surface area contributed by atoms with Crippen molar-refractivity contribution in [3.8, 4) is 33.4 Å². The summed E-state index contributed by atoms with van der Waals surface area (Å²) < 4.78 is 0. The Morgan fingerprint density at radius 3 is 1.57 bits per heavy atom. The predicted molar refractivity (Wildman–Crippen MR) is 202 cm³/mol. The second-order valence-corrected chi connectivity index (χ2v) is 13.7. The highest BCUT2D eigenvalue weighted by Gasteiger charge is 2.39. The van der Waals surface area contributed by atoms with Gasteiger partial charge in [0.05, 0.1) is 0 Å². The quantitative estimate of drug-likeness (QED) is 0.138. The molecule has 220 valence electrons. The minimum atomic E-state index is -0.127. The molecule has 0 aromatic heterocycles. The second-order valence-electron chi connectivity index (χ2n) is 13.7. The lowest BCUT2D eigenvalue weighted by Crippen LogP contribution is -2.16. The van der Waals surface area contributed by atoms with Crippen LogP contribution in [0.1, 0.15) is 25.0 Å². The Bertz CT molecular complexity index is 2690. The van der Waals surface area contributed by atoms with Crippen molar-refractivity contribution in [2.24, 2.45) is 0 Å². The summed E-state index contributed by atoms with van der Waals surface area (Å²) in [7, 11) is 0. The van der Waals surface area contributed by atoms with E-state index in [1.807, 2.05) is 0 Å². The van der Waals surface area contributed by atoms with Crippen molar-refractivity contribution in [1.82, 2.24) is 0 Å². The van der Waals surface area contributed by atoms with Crippen LogP contribution in [0.15, 0.2) is 158 Å². The molecule has 0 saturated carbocycles. The van der Waals surface area contributed by atoms with Gasteiger partial charge in [-0.05, 0) is 111 Å². The minimum Gasteiger partial charge on any atom is -0.0616 e. The van der Waals surface area contributed by atoms with Crippen molar-refractivity contribution in [1.29, 1.82) is 0 Å². The molecule has 0 nitrogen and oxygen atoms in total. The summed E-state index contributed by atoms with van der Waals surface area (Å²) in [6, 6.07) is 58.7. The average Bonchev–Trinajstić information content (AvgIpc) is 3.37. The van der Waals surface area contributed by atoms with Crippen molar-refractivity contribution in [3.05, 3.63) is 169 Å². The van der Waals surface area contributed by atoms with Crippen LogP contribution in [-0.2, 0) is 5.41 Å². The van der Waals surface area contributed by atoms with Gasteiger partial charge in [0.15, 0.2) is 0 Å². The van der Waals surface area contributed by atoms with E-state index in [4.69, 9.17) is 0 Å². The van der Waals surface area contributed by atoms with Gasteiger partial charge in [-0.25, -0.2) is 0 Å². The zero-order chi connectivity index (χ0) is 31.3. The van der Waals surface area contributed by atoms with Gasteiger partial charge in [0.2, 0.25) is 0 Å². The van der Waals surface area contributed by atoms with Crippen molar-refractivity contribution in [2.75, 3.05) is 0 Å². The summed E-state index contributed by atoms with van der Waals surface area (Å²) in [5.74, 6) is 0. The van der Waals surface area contributed by atoms with Crippen LogP contribution >= 0.6 is 0 Å². The number of fused-ring (bicyclic) bond motifs is 12. The first-order chi connectivity index (χ1) is 23.1. The van der Waals surface area contributed by atoms with Gasteiger partial charge >= 0.3 is 0 Å². The number of hydrogen-bond acceptors (Lipinski definition) is 0. The third kappa shape index (κ3) is 3.70. The zero-order valence-electron chi connectivity index (χ0n) is 26.5. The van der Waals surface area contributed by atoms with E-state index >= 15 is 0 Å². The maximum absolute atomic E-state index is 2.43. The molecule has 0 radical (unpaired) electrons. The number of benzene rings is 9. The predicted octanol–water partition coefficient (Wildman–Crippen LogP) is 13.1. The van der Waals surface area contributed by atoms with E-state index in [0.717, 1.165) is 0 Å². The molecule has 0 fully saturated rings. The van der Waals surface area contributed by atoms with Crippen molar-refractivity contribution < 1.29 is 0 Å². The molecule has 9 aromatic carbocycles. The Morgan fingerprint density at radius 2 is 0.872 bits per heavy atom. The largest absolute Gasteiger partial charge is 0.0616 e. The maximum Gasteiger partial charge on any atom is 0.0171 e. The van der Waals surface area contributed by atoms with E-state index in [0.29, 0.717) is 0 Å². The van der Waals surface area contributed by atoms with Gasteiger partial charge in [-0.1, -0.05) is 159 Å². The molecule has 0 heterocycles. The lowest BCUT2D eigenvalue weighted by atomic mass is 9.77. The van der Waals surface area contributed by atoms with E-state index in [2.05, 4.69) is 172 Å². The van der Waals surface area contributed by atoms with Crippen LogP contribution in [0, 0.1) is 0 Å². The zero-order valence-corrected chi connectivity index (χ0v) is 26.5. The van der Waals surface area contributed by atoms with Crippen LogP contribution in [0.5, 0.6) is 0 Å². The Balaban J connectivity index is 1.17. The molecule has 10 rings (SSSR count). The second kappa shape index (κ2) is 9.64. The first kappa shape index (κ1) is 26.5. The molecule has 9 aromatic rings. The van der Waals surface area contributed by atoms with E-state index in [1.165, 1.54) is 98.4 Å². The molecule has 0 spiro atoms. The van der Waals surface area contributed by atoms with Gasteiger partial charge in [-0.3, -0.25) is 0 Å². The SMILES string of the molecule is CC1(C)c2c(ccc3ccccc23)-c2c1c1ccc(-c3ccc(-c4c5ccccc5cc5ccccc45)cc3)cc1c1ccccc21. The van der Waals surface area contributed by atoms with Crippen LogP contribution in [0.3, 0.4) is 0 Å². The van der Waals surface area contributed by atoms with Crippen molar-refractivity contribution in [3.63, 3.8) is 0 Å². The highest BCUT2D eigenvalue weighted by molar-refractivity contribution is 6.20. The van der Waals surface area contributed by atoms with Crippen LogP contribution in [-0.4, -0.2) is 0 Å². The molecule has 0 heteroatoms. The molecule has 47 heavy (non-hydrogen) atoms. The smallest absolute Gasteiger partial charge is 0.0171 e. The molecule has 0 unspecified atom stereocenters. The first-order valence-electron chi connectivity index (χ1n) is 16.6. The highest BCUT2D eigenvalue weighted by atomic mass is 14.4. The molecule has 0 aliphatic heterocycles. The van der Waals surface area contributed by atoms with Crippen LogP contribution in [0.4, 0.5) is 0 Å². The summed E-state index contributed by atoms with van der Waals surface area (Å²) in [4.78, 5) is 0. The number of rotatable bonds is 2. The summed E-state index contributed by atoms with van der Waals surface area (Å²) in [6.07, 6.45) is 0. The highest BCUT2D eigenvalue weighted by Crippen LogP contribution is 2.56. The van der Waals surface area contributed by atoms with Crippen LogP contribution in [0.2, 0.25) is 0 Å². The van der Waals surface area contributed by atoms with E-state index < -0.39 is 0 Å². The fourth-order valence-corrected chi connectivity index (χ4v) is 8.73. The number of hydrogen-bond donors (Lipinski definition) is 0. The third-order valence-electron chi connectivity index (χ3n) is 10.8. The fourth-order valence-electron chi connectivity index (χ4n) is 8.73. The lowest BCUT2D eigenvalue weighted by molar-refractivity contribution is 0.672. The molecule has 0 atom stereocenters. The molecule has 1 aliphatic rings. The van der Waals surface area contributed by atoms with Gasteiger partial charge in [0.1, 0.15) is 0 Å². The topological polar surface area (TPSA) is 0 Å². The molecule has 0 saturated heterocycles. The van der Waals surface area contributed by atoms with Crippen LogP contribution in [0.25, 0.3) is 87.2 Å². The van der Waals surface area contributed by atoms with E-state index in [1.54, 1.807) is 0 Å². The third-order valence-corrected chi connectivity index (χ3v) is 10.8. The van der Waals surface area contributed by atoms with E-state index in [9.17, 15) is 0 Å². The summed E-state index contributed by atoms with van der Waals surface area (Å²) >= 11 is 0. The van der Waals surface area contributed by atoms with Crippen molar-refractivity contribution in [2.45, 2.75) is 19.3 Å². The van der Waals surface area contributed by atoms with Crippen LogP contribution < -0.4 is 0 Å². The molecule has 1 aliphatic carbocycles. The fraction of sp³-hybridized carbons (Fsp3) is 0.0638. The normalized spacial score (nSPS) is 13.5. The molecular weight excluding hydrogens is 565 g/mol. The lowest BCUT2D eigenvalue weighted by Gasteiger charge is -2.25. The summed E-state index contributed by atoms with van der Waals surface area (Å²) in [5.41, 5.74) is 10.6. The van der Waals surface area contributed by atoms with Crippen molar-refractivity contribution >= 4 is 53.9 Å². The Labute approximate surface area is 274 Å². The molecule has 0 bridgehead atoms. The Kier molecular flexibility index (Phi) is 5.44. The first-order valence-corrected chi connectivity index (χ1v) is 16.6. The van der Waals surface area contributed by atoms with Gasteiger partial charge in [-0.15, -0.1) is 0 Å². The Morgan fingerprint density at radius 1 is 0.319 bits per heavy atom. The van der Waals surface area contributed by atoms with Gasteiger partial charge in [0, 0.05) is 5.41 Å². The summed E-state index contributed by atoms with van der Waals surface area (Å²) in [5, 5.41) is 13.1. The molecule has 0 amide bonds. The van der Waals surface area contributed by atoms with Gasteiger partial charge in [0.25, 0.3) is 0 Å². The van der Waals surface area contributed by atoms with Gasteiger partial charge in [-0.2, -0.15) is 0 Å². The summed E-state index contributed by atoms with van der Waals surface area (Å²) in [6.45, 7) is 4.84. The Hall–Kier alpha value is -5.72. The average molecular weight is 597 g/mol. The standard InChI is InChI=1S/C47H32/c1-47(2)45-37-16-8-3-11-30(37)23-26-41(45)44-39-18-10-9-17-38(39)42-28-32(24-25-40(42)46(44)47)29-19-21-31(22-20-29)43-35-14-6-4-12-33(35)27-34-13-5-7-15-36(34)43/h3-28H,1-2H3. The monoisotopic (exact) mass is 596 g/mol. The maximum atomic E-state index is 2.43.